The largest absolute Gasteiger partial charge is 0.497 e. The van der Waals surface area contributed by atoms with Gasteiger partial charge in [0, 0.05) is 11.6 Å². The second kappa shape index (κ2) is 10.4. The van der Waals surface area contributed by atoms with Crippen LogP contribution in [0.4, 0.5) is 11.4 Å². The molecule has 2 aromatic carbocycles. The molecule has 0 aliphatic rings. The number of carbonyl (C=O) groups is 2. The van der Waals surface area contributed by atoms with Gasteiger partial charge in [0.2, 0.25) is 5.91 Å². The van der Waals surface area contributed by atoms with Gasteiger partial charge in [0.25, 0.3) is 5.91 Å². The molecule has 9 nitrogen and oxygen atoms in total. The number of hydrogen-bond donors (Lipinski definition) is 2. The van der Waals surface area contributed by atoms with Gasteiger partial charge in [0.15, 0.2) is 11.5 Å². The molecular weight excluding hydrogens is 390 g/mol. The van der Waals surface area contributed by atoms with Crippen LogP contribution in [0.15, 0.2) is 30.3 Å². The summed E-state index contributed by atoms with van der Waals surface area (Å²) >= 11 is 0. The minimum Gasteiger partial charge on any atom is -0.497 e. The van der Waals surface area contributed by atoms with Gasteiger partial charge in [-0.05, 0) is 38.4 Å². The van der Waals surface area contributed by atoms with E-state index in [1.807, 2.05) is 0 Å². The van der Waals surface area contributed by atoms with Crippen molar-refractivity contribution in [2.75, 3.05) is 59.7 Å². The molecule has 0 radical (unpaired) electrons. The first-order chi connectivity index (χ1) is 14.3. The number of amides is 2. The molecule has 2 amide bonds. The summed E-state index contributed by atoms with van der Waals surface area (Å²) in [6, 6.07) is 8.11. The van der Waals surface area contributed by atoms with Gasteiger partial charge in [-0.1, -0.05) is 0 Å². The van der Waals surface area contributed by atoms with Crippen LogP contribution in [0.2, 0.25) is 0 Å². The quantitative estimate of drug-likeness (QED) is 0.647. The predicted molar refractivity (Wildman–Crippen MR) is 114 cm³/mol. The smallest absolute Gasteiger partial charge is 0.255 e. The number of hydrogen-bond acceptors (Lipinski definition) is 7. The maximum atomic E-state index is 12.9. The summed E-state index contributed by atoms with van der Waals surface area (Å²) in [5.41, 5.74) is 1.07. The first-order valence-electron chi connectivity index (χ1n) is 9.06. The molecule has 2 rings (SSSR count). The Balaban J connectivity index is 2.37. The number of carbonyl (C=O) groups excluding carboxylic acids is 2. The second-order valence-corrected chi connectivity index (χ2v) is 6.57. The molecule has 0 heterocycles. The molecule has 0 atom stereocenters. The Kier molecular flexibility index (Phi) is 7.88. The summed E-state index contributed by atoms with van der Waals surface area (Å²) in [5, 5.41) is 5.55. The topological polar surface area (TPSA) is 98.4 Å². The van der Waals surface area contributed by atoms with Crippen molar-refractivity contribution in [1.29, 1.82) is 0 Å². The monoisotopic (exact) mass is 417 g/mol. The fourth-order valence-corrected chi connectivity index (χ4v) is 2.76. The van der Waals surface area contributed by atoms with Gasteiger partial charge >= 0.3 is 0 Å². The van der Waals surface area contributed by atoms with Crippen molar-refractivity contribution in [2.45, 2.75) is 0 Å². The van der Waals surface area contributed by atoms with Crippen molar-refractivity contribution in [3.05, 3.63) is 35.9 Å². The van der Waals surface area contributed by atoms with Gasteiger partial charge in [0.1, 0.15) is 11.5 Å². The first kappa shape index (κ1) is 22.8. The minimum atomic E-state index is -0.414. The van der Waals surface area contributed by atoms with Gasteiger partial charge in [-0.3, -0.25) is 9.59 Å². The van der Waals surface area contributed by atoms with Gasteiger partial charge < -0.3 is 34.5 Å². The molecule has 0 spiro atoms. The highest BCUT2D eigenvalue weighted by molar-refractivity contribution is 6.07. The molecule has 162 valence electrons. The van der Waals surface area contributed by atoms with E-state index in [0.717, 1.165) is 0 Å². The van der Waals surface area contributed by atoms with E-state index in [4.69, 9.17) is 18.9 Å². The van der Waals surface area contributed by atoms with E-state index in [1.54, 1.807) is 44.3 Å². The number of methoxy groups -OCH3 is 4. The zero-order valence-electron chi connectivity index (χ0n) is 18.0. The number of nitrogens with one attached hydrogen (secondary N) is 2. The van der Waals surface area contributed by atoms with Gasteiger partial charge in [-0.2, -0.15) is 0 Å². The minimum absolute atomic E-state index is 0.172. The van der Waals surface area contributed by atoms with Crippen LogP contribution in [0.5, 0.6) is 23.0 Å². The second-order valence-electron chi connectivity index (χ2n) is 6.57. The predicted octanol–water partition coefficient (Wildman–Crippen LogP) is 2.47. The molecule has 30 heavy (non-hydrogen) atoms. The third-order valence-electron chi connectivity index (χ3n) is 4.13. The SMILES string of the molecule is COc1ccc(NC(=O)c2cc(NC(=O)CN(C)C)c(OC)c(OC)c2)c(OC)c1. The van der Waals surface area contributed by atoms with Gasteiger partial charge in [-0.25, -0.2) is 0 Å². The van der Waals surface area contributed by atoms with E-state index >= 15 is 0 Å². The van der Waals surface area contributed by atoms with E-state index in [1.165, 1.54) is 33.5 Å². The molecular formula is C21H27N3O6. The Morgan fingerprint density at radius 3 is 2.10 bits per heavy atom. The molecule has 9 heteroatoms. The van der Waals surface area contributed by atoms with Crippen LogP contribution >= 0.6 is 0 Å². The summed E-state index contributed by atoms with van der Waals surface area (Å²) < 4.78 is 21.2. The molecule has 0 aliphatic carbocycles. The number of likely N-dealkylation sites (N-methyl/N-ethyl adjacent to an activating group) is 1. The van der Waals surface area contributed by atoms with Crippen molar-refractivity contribution in [2.24, 2.45) is 0 Å². The molecule has 0 aromatic heterocycles. The Labute approximate surface area is 175 Å². The molecule has 2 N–H and O–H groups in total. The maximum Gasteiger partial charge on any atom is 0.255 e. The van der Waals surface area contributed by atoms with Crippen molar-refractivity contribution in [3.8, 4) is 23.0 Å². The number of nitrogens with zero attached hydrogens (tertiary/aromatic N) is 1. The van der Waals surface area contributed by atoms with Crippen molar-refractivity contribution in [3.63, 3.8) is 0 Å². The number of ether oxygens (including phenoxy) is 4. The van der Waals surface area contributed by atoms with Crippen LogP contribution in [-0.4, -0.2) is 65.8 Å². The summed E-state index contributed by atoms with van der Waals surface area (Å²) in [4.78, 5) is 26.9. The molecule has 0 saturated carbocycles. The Hall–Kier alpha value is -3.46. The summed E-state index contributed by atoms with van der Waals surface area (Å²) in [5.74, 6) is 1.01. The van der Waals surface area contributed by atoms with Crippen LogP contribution in [0.25, 0.3) is 0 Å². The van der Waals surface area contributed by atoms with Crippen molar-refractivity contribution < 1.29 is 28.5 Å². The van der Waals surface area contributed by atoms with Crippen LogP contribution in [0, 0.1) is 0 Å². The molecule has 0 unspecified atom stereocenters. The number of rotatable bonds is 9. The lowest BCUT2D eigenvalue weighted by Gasteiger charge is -2.17. The lowest BCUT2D eigenvalue weighted by molar-refractivity contribution is -0.116. The average molecular weight is 417 g/mol. The molecule has 0 aliphatic heterocycles. The zero-order chi connectivity index (χ0) is 22.3. The van der Waals surface area contributed by atoms with E-state index in [9.17, 15) is 9.59 Å². The summed E-state index contributed by atoms with van der Waals surface area (Å²) in [6.45, 7) is 0.172. The van der Waals surface area contributed by atoms with E-state index in [0.29, 0.717) is 34.4 Å². The highest BCUT2D eigenvalue weighted by Gasteiger charge is 2.19. The first-order valence-corrected chi connectivity index (χ1v) is 9.06. The van der Waals surface area contributed by atoms with Crippen molar-refractivity contribution >= 4 is 23.2 Å². The fraction of sp³-hybridized carbons (Fsp3) is 0.333. The molecule has 0 fully saturated rings. The zero-order valence-corrected chi connectivity index (χ0v) is 18.0. The normalized spacial score (nSPS) is 10.4. The number of benzene rings is 2. The Morgan fingerprint density at radius 1 is 0.833 bits per heavy atom. The lowest BCUT2D eigenvalue weighted by atomic mass is 10.1. The van der Waals surface area contributed by atoms with Gasteiger partial charge in [0.05, 0.1) is 46.4 Å². The third-order valence-corrected chi connectivity index (χ3v) is 4.13. The van der Waals surface area contributed by atoms with E-state index in [2.05, 4.69) is 10.6 Å². The Bertz CT molecular complexity index is 914. The number of anilines is 2. The Morgan fingerprint density at radius 2 is 1.53 bits per heavy atom. The third kappa shape index (κ3) is 5.54. The highest BCUT2D eigenvalue weighted by Crippen LogP contribution is 2.37. The van der Waals surface area contributed by atoms with Crippen molar-refractivity contribution in [1.82, 2.24) is 4.90 Å². The highest BCUT2D eigenvalue weighted by atomic mass is 16.5. The average Bonchev–Trinajstić information content (AvgIpc) is 2.72. The van der Waals surface area contributed by atoms with E-state index in [-0.39, 0.29) is 18.0 Å². The van der Waals surface area contributed by atoms with Crippen LogP contribution < -0.4 is 29.6 Å². The molecule has 0 bridgehead atoms. The summed E-state index contributed by atoms with van der Waals surface area (Å²) in [6.07, 6.45) is 0. The standard InChI is InChI=1S/C21H27N3O6/c1-24(2)12-19(25)22-16-9-13(10-18(29-5)20(16)30-6)21(26)23-15-8-7-14(27-3)11-17(15)28-4/h7-11H,12H2,1-6H3,(H,22,25)(H,23,26). The fourth-order valence-electron chi connectivity index (χ4n) is 2.76. The van der Waals surface area contributed by atoms with Gasteiger partial charge in [-0.15, -0.1) is 0 Å². The van der Waals surface area contributed by atoms with Crippen LogP contribution in [0.1, 0.15) is 10.4 Å². The molecule has 2 aromatic rings. The van der Waals surface area contributed by atoms with Crippen LogP contribution in [-0.2, 0) is 4.79 Å². The maximum absolute atomic E-state index is 12.9. The lowest BCUT2D eigenvalue weighted by Crippen LogP contribution is -2.27. The van der Waals surface area contributed by atoms with E-state index < -0.39 is 5.91 Å². The molecule has 0 saturated heterocycles. The van der Waals surface area contributed by atoms with Crippen LogP contribution in [0.3, 0.4) is 0 Å². The summed E-state index contributed by atoms with van der Waals surface area (Å²) in [7, 11) is 9.52.